The summed E-state index contributed by atoms with van der Waals surface area (Å²) in [5.74, 6) is 0.807. The number of hydrogen-bond donors (Lipinski definition) is 1. The van der Waals surface area contributed by atoms with Crippen LogP contribution in [0.3, 0.4) is 0 Å². The number of nitrogens with one attached hydrogen (secondary N) is 1. The van der Waals surface area contributed by atoms with Gasteiger partial charge in [-0.15, -0.1) is 0 Å². The molecule has 4 heteroatoms. The lowest BCUT2D eigenvalue weighted by Gasteiger charge is -1.80. The van der Waals surface area contributed by atoms with E-state index in [1.165, 1.54) is 0 Å². The van der Waals surface area contributed by atoms with Crippen molar-refractivity contribution in [2.45, 2.75) is 6.92 Å². The highest BCUT2D eigenvalue weighted by Gasteiger charge is 2.02. The van der Waals surface area contributed by atoms with Crippen LogP contribution in [0.4, 0.5) is 0 Å². The van der Waals surface area contributed by atoms with Gasteiger partial charge in [-0.2, -0.15) is 5.10 Å². The molecule has 0 aliphatic heterocycles. The second-order valence-corrected chi connectivity index (χ2v) is 2.31. The summed E-state index contributed by atoms with van der Waals surface area (Å²) >= 11 is 0. The summed E-state index contributed by atoms with van der Waals surface area (Å²) < 4.78 is 4.90. The van der Waals surface area contributed by atoms with Gasteiger partial charge in [-0.3, -0.25) is 5.10 Å². The lowest BCUT2D eigenvalue weighted by Crippen LogP contribution is -1.68. The molecule has 0 amide bonds. The Bertz CT molecular complexity index is 336. The van der Waals surface area contributed by atoms with Crippen LogP contribution in [0.15, 0.2) is 23.0 Å². The van der Waals surface area contributed by atoms with Crippen molar-refractivity contribution < 1.29 is 4.52 Å². The smallest absolute Gasteiger partial charge is 0.134 e. The maximum Gasteiger partial charge on any atom is 0.134 e. The molecular weight excluding hydrogens is 142 g/mol. The molecular formula is C7H7N3O. The highest BCUT2D eigenvalue weighted by atomic mass is 16.5. The molecule has 0 aromatic carbocycles. The topological polar surface area (TPSA) is 54.7 Å². The maximum atomic E-state index is 4.90. The van der Waals surface area contributed by atoms with E-state index < -0.39 is 0 Å². The van der Waals surface area contributed by atoms with E-state index in [0.29, 0.717) is 0 Å². The van der Waals surface area contributed by atoms with Crippen LogP contribution < -0.4 is 0 Å². The lowest BCUT2D eigenvalue weighted by atomic mass is 10.2. The molecule has 0 spiro atoms. The third kappa shape index (κ3) is 1.02. The molecule has 0 unspecified atom stereocenters. The standard InChI is InChI=1S/C7H7N3O/c1-5-2-7(10-11-5)6-3-8-9-4-6/h2-4H,1H3,(H,8,9). The highest BCUT2D eigenvalue weighted by Crippen LogP contribution is 2.15. The molecule has 2 aromatic rings. The van der Waals surface area contributed by atoms with E-state index in [9.17, 15) is 0 Å². The minimum absolute atomic E-state index is 0.807. The fourth-order valence-corrected chi connectivity index (χ4v) is 0.893. The number of nitrogens with zero attached hydrogens (tertiary/aromatic N) is 2. The van der Waals surface area contributed by atoms with Crippen molar-refractivity contribution in [3.63, 3.8) is 0 Å². The summed E-state index contributed by atoms with van der Waals surface area (Å²) in [4.78, 5) is 0. The summed E-state index contributed by atoms with van der Waals surface area (Å²) in [6.07, 6.45) is 3.48. The largest absolute Gasteiger partial charge is 0.361 e. The Morgan fingerprint density at radius 2 is 2.45 bits per heavy atom. The van der Waals surface area contributed by atoms with E-state index in [-0.39, 0.29) is 0 Å². The van der Waals surface area contributed by atoms with Gasteiger partial charge in [0.15, 0.2) is 0 Å². The summed E-state index contributed by atoms with van der Waals surface area (Å²) in [6.45, 7) is 1.86. The first-order valence-electron chi connectivity index (χ1n) is 3.29. The van der Waals surface area contributed by atoms with Crippen molar-refractivity contribution >= 4 is 0 Å². The quantitative estimate of drug-likeness (QED) is 0.666. The first-order chi connectivity index (χ1) is 5.36. The van der Waals surface area contributed by atoms with E-state index in [0.717, 1.165) is 17.0 Å². The molecule has 0 saturated heterocycles. The molecule has 2 aromatic heterocycles. The second-order valence-electron chi connectivity index (χ2n) is 2.31. The number of rotatable bonds is 1. The molecule has 0 aliphatic carbocycles. The van der Waals surface area contributed by atoms with Gasteiger partial charge in [0.1, 0.15) is 11.5 Å². The minimum Gasteiger partial charge on any atom is -0.361 e. The Kier molecular flexibility index (Phi) is 1.25. The van der Waals surface area contributed by atoms with Gasteiger partial charge in [0.05, 0.1) is 6.20 Å². The summed E-state index contributed by atoms with van der Waals surface area (Å²) in [7, 11) is 0. The van der Waals surface area contributed by atoms with Gasteiger partial charge in [-0.25, -0.2) is 0 Å². The Morgan fingerprint density at radius 3 is 3.00 bits per heavy atom. The SMILES string of the molecule is Cc1cc(-c2cn[nH]c2)no1. The molecule has 1 N–H and O–H groups in total. The maximum absolute atomic E-state index is 4.90. The average molecular weight is 149 g/mol. The Labute approximate surface area is 63.2 Å². The summed E-state index contributed by atoms with van der Waals surface area (Å²) in [5.41, 5.74) is 1.76. The van der Waals surface area contributed by atoms with Gasteiger partial charge in [0.25, 0.3) is 0 Å². The van der Waals surface area contributed by atoms with Crippen molar-refractivity contribution in [1.29, 1.82) is 0 Å². The number of aromatic amines is 1. The molecule has 0 radical (unpaired) electrons. The number of aromatic nitrogens is 3. The van der Waals surface area contributed by atoms with Crippen LogP contribution in [0.2, 0.25) is 0 Å². The van der Waals surface area contributed by atoms with E-state index in [1.54, 1.807) is 12.4 Å². The molecule has 56 valence electrons. The van der Waals surface area contributed by atoms with Crippen molar-refractivity contribution in [2.24, 2.45) is 0 Å². The number of hydrogen-bond acceptors (Lipinski definition) is 3. The van der Waals surface area contributed by atoms with Crippen LogP contribution in [0, 0.1) is 6.92 Å². The van der Waals surface area contributed by atoms with Crippen molar-refractivity contribution in [3.8, 4) is 11.3 Å². The first kappa shape index (κ1) is 6.15. The molecule has 0 saturated carbocycles. The zero-order chi connectivity index (χ0) is 7.68. The number of H-pyrrole nitrogens is 1. The van der Waals surface area contributed by atoms with Crippen LogP contribution >= 0.6 is 0 Å². The van der Waals surface area contributed by atoms with Gasteiger partial charge >= 0.3 is 0 Å². The second kappa shape index (κ2) is 2.23. The average Bonchev–Trinajstić information content (AvgIpc) is 2.55. The zero-order valence-corrected chi connectivity index (χ0v) is 6.03. The Hall–Kier alpha value is -1.58. The van der Waals surface area contributed by atoms with E-state index in [1.807, 2.05) is 13.0 Å². The van der Waals surface area contributed by atoms with Crippen molar-refractivity contribution in [3.05, 3.63) is 24.2 Å². The van der Waals surface area contributed by atoms with Gasteiger partial charge < -0.3 is 4.52 Å². The fourth-order valence-electron chi connectivity index (χ4n) is 0.893. The summed E-state index contributed by atoms with van der Waals surface area (Å²) in [5, 5.41) is 10.3. The molecule has 4 nitrogen and oxygen atoms in total. The zero-order valence-electron chi connectivity index (χ0n) is 6.03. The molecule has 0 bridgehead atoms. The van der Waals surface area contributed by atoms with Crippen LogP contribution in [0.25, 0.3) is 11.3 Å². The minimum atomic E-state index is 0.807. The van der Waals surface area contributed by atoms with E-state index >= 15 is 0 Å². The Morgan fingerprint density at radius 1 is 1.55 bits per heavy atom. The molecule has 2 heterocycles. The third-order valence-electron chi connectivity index (χ3n) is 1.42. The molecule has 0 atom stereocenters. The lowest BCUT2D eigenvalue weighted by molar-refractivity contribution is 0.399. The van der Waals surface area contributed by atoms with Crippen LogP contribution in [-0.4, -0.2) is 15.4 Å². The van der Waals surface area contributed by atoms with Crippen molar-refractivity contribution in [1.82, 2.24) is 15.4 Å². The molecule has 11 heavy (non-hydrogen) atoms. The van der Waals surface area contributed by atoms with Gasteiger partial charge in [0, 0.05) is 17.8 Å². The summed E-state index contributed by atoms with van der Waals surface area (Å²) in [6, 6.07) is 1.87. The molecule has 2 rings (SSSR count). The predicted molar refractivity (Wildman–Crippen MR) is 38.8 cm³/mol. The monoisotopic (exact) mass is 149 g/mol. The van der Waals surface area contributed by atoms with E-state index in [4.69, 9.17) is 4.52 Å². The predicted octanol–water partition coefficient (Wildman–Crippen LogP) is 1.37. The molecule has 0 aliphatic rings. The third-order valence-corrected chi connectivity index (χ3v) is 1.42. The number of aryl methyl sites for hydroxylation is 1. The first-order valence-corrected chi connectivity index (χ1v) is 3.29. The molecule has 0 fully saturated rings. The van der Waals surface area contributed by atoms with Crippen LogP contribution in [0.5, 0.6) is 0 Å². The van der Waals surface area contributed by atoms with Gasteiger partial charge in [0.2, 0.25) is 0 Å². The van der Waals surface area contributed by atoms with E-state index in [2.05, 4.69) is 15.4 Å². The highest BCUT2D eigenvalue weighted by molar-refractivity contribution is 5.55. The van der Waals surface area contributed by atoms with Crippen molar-refractivity contribution in [2.75, 3.05) is 0 Å². The normalized spacial score (nSPS) is 10.3. The van der Waals surface area contributed by atoms with Crippen LogP contribution in [-0.2, 0) is 0 Å². The van der Waals surface area contributed by atoms with Gasteiger partial charge in [-0.05, 0) is 6.92 Å². The Balaban J connectivity index is 2.45. The fraction of sp³-hybridized carbons (Fsp3) is 0.143. The van der Waals surface area contributed by atoms with Crippen LogP contribution in [0.1, 0.15) is 5.76 Å². The van der Waals surface area contributed by atoms with Gasteiger partial charge in [-0.1, -0.05) is 5.16 Å².